The first kappa shape index (κ1) is 10.1. The van der Waals surface area contributed by atoms with Crippen LogP contribution in [0.3, 0.4) is 0 Å². The maximum absolute atomic E-state index is 11.9. The Morgan fingerprint density at radius 3 is 2.81 bits per heavy atom. The fourth-order valence-electron chi connectivity index (χ4n) is 3.20. The molecule has 2 nitrogen and oxygen atoms in total. The zero-order chi connectivity index (χ0) is 11.2. The second-order valence-corrected chi connectivity index (χ2v) is 5.45. The first-order chi connectivity index (χ1) is 7.70. The Morgan fingerprint density at radius 1 is 1.31 bits per heavy atom. The fraction of sp³-hybridized carbons (Fsp3) is 0.643. The van der Waals surface area contributed by atoms with Gasteiger partial charge in [0.25, 0.3) is 0 Å². The van der Waals surface area contributed by atoms with Gasteiger partial charge in [-0.3, -0.25) is 4.79 Å². The van der Waals surface area contributed by atoms with Crippen LogP contribution in [0, 0.1) is 5.41 Å². The normalized spacial score (nSPS) is 33.8. The van der Waals surface area contributed by atoms with Crippen molar-refractivity contribution in [3.8, 4) is 0 Å². The van der Waals surface area contributed by atoms with Gasteiger partial charge in [-0.15, -0.1) is 0 Å². The minimum absolute atomic E-state index is 0.150. The molecule has 0 bridgehead atoms. The number of likely N-dealkylation sites (tertiary alicyclic amines) is 1. The zero-order valence-corrected chi connectivity index (χ0v) is 9.96. The van der Waals surface area contributed by atoms with Crippen LogP contribution in [-0.4, -0.2) is 23.8 Å². The molecule has 1 fully saturated rings. The summed E-state index contributed by atoms with van der Waals surface area (Å²) in [5, 5.41) is 0. The molecule has 3 rings (SSSR count). The number of fused-ring (bicyclic) bond motifs is 1. The fourth-order valence-corrected chi connectivity index (χ4v) is 3.20. The van der Waals surface area contributed by atoms with Crippen LogP contribution in [0.5, 0.6) is 0 Å². The van der Waals surface area contributed by atoms with Crippen LogP contribution < -0.4 is 0 Å². The Kier molecular flexibility index (Phi) is 2.20. The van der Waals surface area contributed by atoms with Crippen molar-refractivity contribution in [1.82, 2.24) is 4.90 Å². The molecule has 0 aromatic heterocycles. The third-order valence-electron chi connectivity index (χ3n) is 4.48. The van der Waals surface area contributed by atoms with Crippen molar-refractivity contribution in [3.05, 3.63) is 23.4 Å². The quantitative estimate of drug-likeness (QED) is 0.673. The van der Waals surface area contributed by atoms with E-state index in [1.165, 1.54) is 37.2 Å². The molecular formula is C14H19NO. The Balaban J connectivity index is 1.88. The van der Waals surface area contributed by atoms with E-state index in [1.54, 1.807) is 0 Å². The number of ketones is 1. The van der Waals surface area contributed by atoms with Crippen molar-refractivity contribution in [2.75, 3.05) is 13.1 Å². The van der Waals surface area contributed by atoms with Crippen LogP contribution in [0.25, 0.3) is 0 Å². The molecule has 0 amide bonds. The average molecular weight is 217 g/mol. The third-order valence-corrected chi connectivity index (χ3v) is 4.48. The number of nitrogens with zero attached hydrogens (tertiary/aromatic N) is 1. The number of allylic oxidation sites excluding steroid dienone is 4. The maximum Gasteiger partial charge on any atom is 0.146 e. The minimum Gasteiger partial charge on any atom is -0.375 e. The smallest absolute Gasteiger partial charge is 0.146 e. The lowest BCUT2D eigenvalue weighted by molar-refractivity contribution is -0.124. The summed E-state index contributed by atoms with van der Waals surface area (Å²) in [6.45, 7) is 4.54. The lowest BCUT2D eigenvalue weighted by Crippen LogP contribution is -2.30. The van der Waals surface area contributed by atoms with Gasteiger partial charge >= 0.3 is 0 Å². The molecule has 0 N–H and O–H groups in total. The van der Waals surface area contributed by atoms with Gasteiger partial charge in [0.05, 0.1) is 5.41 Å². The largest absolute Gasteiger partial charge is 0.375 e. The van der Waals surface area contributed by atoms with Crippen LogP contribution in [0.2, 0.25) is 0 Å². The van der Waals surface area contributed by atoms with E-state index in [2.05, 4.69) is 24.0 Å². The number of hydrogen-bond donors (Lipinski definition) is 0. The predicted molar refractivity (Wildman–Crippen MR) is 63.9 cm³/mol. The predicted octanol–water partition coefficient (Wildman–Crippen LogP) is 2.67. The van der Waals surface area contributed by atoms with Gasteiger partial charge in [0.1, 0.15) is 5.78 Å². The van der Waals surface area contributed by atoms with E-state index in [0.717, 1.165) is 12.8 Å². The van der Waals surface area contributed by atoms with Crippen LogP contribution in [-0.2, 0) is 4.79 Å². The molecule has 2 heteroatoms. The Hall–Kier alpha value is -1.05. The van der Waals surface area contributed by atoms with Crippen LogP contribution >= 0.6 is 0 Å². The van der Waals surface area contributed by atoms with Crippen molar-refractivity contribution >= 4 is 5.78 Å². The van der Waals surface area contributed by atoms with Gasteiger partial charge in [-0.1, -0.05) is 6.08 Å². The molecule has 0 aromatic carbocycles. The summed E-state index contributed by atoms with van der Waals surface area (Å²) in [6.07, 6.45) is 9.83. The van der Waals surface area contributed by atoms with Crippen molar-refractivity contribution in [3.63, 3.8) is 0 Å². The van der Waals surface area contributed by atoms with E-state index < -0.39 is 0 Å². The number of Topliss-reactive ketones (excluding diaryl/α,β-unsaturated/α-hetero) is 1. The molecule has 0 radical (unpaired) electrons. The Bertz CT molecular complexity index is 388. The summed E-state index contributed by atoms with van der Waals surface area (Å²) in [7, 11) is 0. The van der Waals surface area contributed by atoms with Gasteiger partial charge in [-0.05, 0) is 44.3 Å². The summed E-state index contributed by atoms with van der Waals surface area (Å²) in [4.78, 5) is 14.4. The van der Waals surface area contributed by atoms with Gasteiger partial charge in [0, 0.05) is 25.2 Å². The first-order valence-corrected chi connectivity index (χ1v) is 6.40. The highest BCUT2D eigenvalue weighted by atomic mass is 16.1. The van der Waals surface area contributed by atoms with E-state index in [0.29, 0.717) is 12.2 Å². The monoisotopic (exact) mass is 217 g/mol. The summed E-state index contributed by atoms with van der Waals surface area (Å²) < 4.78 is 0. The number of carbonyl (C=O) groups excluding carboxylic acids is 1. The summed E-state index contributed by atoms with van der Waals surface area (Å²) >= 11 is 0. The molecule has 1 saturated heterocycles. The molecular weight excluding hydrogens is 198 g/mol. The number of hydrogen-bond acceptors (Lipinski definition) is 2. The third kappa shape index (κ3) is 1.35. The SMILES string of the molecule is C[C@]12CCC(N3CCCC3)=CC1=CCC2=O. The van der Waals surface area contributed by atoms with E-state index in [9.17, 15) is 4.79 Å². The summed E-state index contributed by atoms with van der Waals surface area (Å²) in [5.74, 6) is 0.416. The van der Waals surface area contributed by atoms with Gasteiger partial charge in [0.15, 0.2) is 0 Å². The van der Waals surface area contributed by atoms with Gasteiger partial charge in [-0.2, -0.15) is 0 Å². The second-order valence-electron chi connectivity index (χ2n) is 5.45. The molecule has 0 aromatic rings. The maximum atomic E-state index is 11.9. The highest BCUT2D eigenvalue weighted by Crippen LogP contribution is 2.45. The summed E-state index contributed by atoms with van der Waals surface area (Å²) in [5.41, 5.74) is 2.60. The summed E-state index contributed by atoms with van der Waals surface area (Å²) in [6, 6.07) is 0. The standard InChI is InChI=1S/C14H19NO/c1-14-7-6-12(15-8-2-3-9-15)10-11(14)4-5-13(14)16/h4,10H,2-3,5-9H2,1H3/t14-/m0/s1. The van der Waals surface area contributed by atoms with E-state index in [-0.39, 0.29) is 5.41 Å². The van der Waals surface area contributed by atoms with Gasteiger partial charge in [-0.25, -0.2) is 0 Å². The molecule has 86 valence electrons. The number of rotatable bonds is 1. The molecule has 0 saturated carbocycles. The van der Waals surface area contributed by atoms with Crippen LogP contribution in [0.1, 0.15) is 39.0 Å². The van der Waals surface area contributed by atoms with Crippen LogP contribution in [0.15, 0.2) is 23.4 Å². The molecule has 1 heterocycles. The minimum atomic E-state index is -0.150. The highest BCUT2D eigenvalue weighted by Gasteiger charge is 2.41. The van der Waals surface area contributed by atoms with Crippen molar-refractivity contribution in [1.29, 1.82) is 0 Å². The number of carbonyl (C=O) groups is 1. The lowest BCUT2D eigenvalue weighted by Gasteiger charge is -2.33. The van der Waals surface area contributed by atoms with Gasteiger partial charge < -0.3 is 4.90 Å². The molecule has 1 aliphatic heterocycles. The lowest BCUT2D eigenvalue weighted by atomic mass is 9.74. The molecule has 16 heavy (non-hydrogen) atoms. The first-order valence-electron chi connectivity index (χ1n) is 6.40. The molecule has 0 spiro atoms. The van der Waals surface area contributed by atoms with E-state index >= 15 is 0 Å². The molecule has 3 aliphatic rings. The topological polar surface area (TPSA) is 20.3 Å². The van der Waals surface area contributed by atoms with Crippen molar-refractivity contribution in [2.24, 2.45) is 5.41 Å². The molecule has 0 unspecified atom stereocenters. The van der Waals surface area contributed by atoms with E-state index in [1.807, 2.05) is 0 Å². The van der Waals surface area contributed by atoms with Gasteiger partial charge in [0.2, 0.25) is 0 Å². The van der Waals surface area contributed by atoms with Crippen molar-refractivity contribution < 1.29 is 4.79 Å². The Morgan fingerprint density at radius 2 is 2.06 bits per heavy atom. The van der Waals surface area contributed by atoms with E-state index in [4.69, 9.17) is 0 Å². The zero-order valence-electron chi connectivity index (χ0n) is 9.96. The van der Waals surface area contributed by atoms with Crippen LogP contribution in [0.4, 0.5) is 0 Å². The Labute approximate surface area is 97.0 Å². The average Bonchev–Trinajstić information content (AvgIpc) is 2.88. The molecule has 1 atom stereocenters. The molecule has 2 aliphatic carbocycles. The second kappa shape index (κ2) is 3.47. The highest BCUT2D eigenvalue weighted by molar-refractivity contribution is 5.93. The van der Waals surface area contributed by atoms with Crippen molar-refractivity contribution in [2.45, 2.75) is 39.0 Å².